The summed E-state index contributed by atoms with van der Waals surface area (Å²) in [5.74, 6) is 0.683. The summed E-state index contributed by atoms with van der Waals surface area (Å²) in [6.45, 7) is 3.21. The fourth-order valence-corrected chi connectivity index (χ4v) is 6.09. The second-order valence-corrected chi connectivity index (χ2v) is 10.7. The molecule has 0 spiro atoms. The van der Waals surface area contributed by atoms with Gasteiger partial charge in [0.1, 0.15) is 5.82 Å². The van der Waals surface area contributed by atoms with Crippen molar-refractivity contribution in [1.29, 1.82) is 0 Å². The summed E-state index contributed by atoms with van der Waals surface area (Å²) in [6, 6.07) is 14.4. The van der Waals surface area contributed by atoms with Crippen LogP contribution in [0.4, 0.5) is 0 Å². The first-order valence-electron chi connectivity index (χ1n) is 11.7. The first kappa shape index (κ1) is 23.4. The van der Waals surface area contributed by atoms with Crippen LogP contribution in [0.1, 0.15) is 54.7 Å². The molecule has 1 aliphatic rings. The van der Waals surface area contributed by atoms with Crippen molar-refractivity contribution in [2.24, 2.45) is 0 Å². The second kappa shape index (κ2) is 10.1. The summed E-state index contributed by atoms with van der Waals surface area (Å²) in [6.07, 6.45) is 5.80. The smallest absolute Gasteiger partial charge is 0.251 e. The Hall–Kier alpha value is -2.71. The van der Waals surface area contributed by atoms with E-state index < -0.39 is 10.0 Å². The van der Waals surface area contributed by atoms with E-state index >= 15 is 0 Å². The van der Waals surface area contributed by atoms with Gasteiger partial charge in [0.25, 0.3) is 5.91 Å². The average molecular weight is 469 g/mol. The van der Waals surface area contributed by atoms with E-state index in [-0.39, 0.29) is 16.8 Å². The Balaban J connectivity index is 1.37. The van der Waals surface area contributed by atoms with Gasteiger partial charge in [-0.2, -0.15) is 4.31 Å². The second-order valence-electron chi connectivity index (χ2n) is 8.75. The summed E-state index contributed by atoms with van der Waals surface area (Å²) in [4.78, 5) is 17.4. The van der Waals surface area contributed by atoms with Gasteiger partial charge < -0.3 is 9.88 Å². The predicted molar refractivity (Wildman–Crippen MR) is 130 cm³/mol. The number of fused-ring (bicyclic) bond motifs is 1. The van der Waals surface area contributed by atoms with Gasteiger partial charge in [-0.25, -0.2) is 13.4 Å². The van der Waals surface area contributed by atoms with Gasteiger partial charge in [-0.15, -0.1) is 0 Å². The molecule has 0 saturated heterocycles. The maximum Gasteiger partial charge on any atom is 0.251 e. The molecule has 0 atom stereocenters. The lowest BCUT2D eigenvalue weighted by atomic mass is 9.96. The van der Waals surface area contributed by atoms with Gasteiger partial charge in [0.2, 0.25) is 10.0 Å². The van der Waals surface area contributed by atoms with Crippen LogP contribution in [0.25, 0.3) is 11.0 Å². The zero-order valence-corrected chi connectivity index (χ0v) is 20.1. The van der Waals surface area contributed by atoms with E-state index in [2.05, 4.69) is 14.9 Å². The molecule has 1 N–H and O–H groups in total. The zero-order valence-electron chi connectivity index (χ0n) is 19.3. The number of benzene rings is 2. The highest BCUT2D eigenvalue weighted by molar-refractivity contribution is 7.89. The van der Waals surface area contributed by atoms with Crippen LogP contribution in [-0.2, 0) is 16.6 Å². The lowest BCUT2D eigenvalue weighted by Crippen LogP contribution is -2.38. The van der Waals surface area contributed by atoms with E-state index in [9.17, 15) is 13.2 Å². The first-order valence-corrected chi connectivity index (χ1v) is 13.1. The monoisotopic (exact) mass is 468 g/mol. The Bertz CT molecular complexity index is 1230. The van der Waals surface area contributed by atoms with Gasteiger partial charge in [-0.1, -0.05) is 37.5 Å². The van der Waals surface area contributed by atoms with Crippen LogP contribution in [-0.4, -0.2) is 47.8 Å². The number of imidazole rings is 1. The lowest BCUT2D eigenvalue weighted by Gasteiger charge is -2.30. The molecule has 1 saturated carbocycles. The van der Waals surface area contributed by atoms with Gasteiger partial charge in [-0.05, 0) is 56.5 Å². The van der Waals surface area contributed by atoms with Crippen molar-refractivity contribution >= 4 is 27.0 Å². The third-order valence-electron chi connectivity index (χ3n) is 6.55. The highest BCUT2D eigenvalue weighted by Gasteiger charge is 2.29. The van der Waals surface area contributed by atoms with Crippen LogP contribution in [0, 0.1) is 6.92 Å². The van der Waals surface area contributed by atoms with Crippen molar-refractivity contribution in [3.63, 3.8) is 0 Å². The molecule has 7 nitrogen and oxygen atoms in total. The van der Waals surface area contributed by atoms with Crippen molar-refractivity contribution in [3.05, 3.63) is 59.9 Å². The van der Waals surface area contributed by atoms with Gasteiger partial charge in [-0.3, -0.25) is 4.79 Å². The fraction of sp³-hybridized carbons (Fsp3) is 0.440. The van der Waals surface area contributed by atoms with E-state index in [0.29, 0.717) is 12.1 Å². The van der Waals surface area contributed by atoms with E-state index in [1.54, 1.807) is 25.2 Å². The molecule has 0 unspecified atom stereocenters. The highest BCUT2D eigenvalue weighted by atomic mass is 32.2. The molecule has 1 aliphatic carbocycles. The normalized spacial score (nSPS) is 15.2. The Labute approximate surface area is 195 Å². The number of sulfonamides is 1. The van der Waals surface area contributed by atoms with Crippen LogP contribution in [0.5, 0.6) is 0 Å². The Morgan fingerprint density at radius 1 is 1.12 bits per heavy atom. The molecule has 0 bridgehead atoms. The van der Waals surface area contributed by atoms with E-state index in [4.69, 9.17) is 0 Å². The number of carbonyl (C=O) groups excluding carboxylic acids is 1. The molecule has 1 fully saturated rings. The molecular formula is C25H32N4O3S. The number of nitrogens with zero attached hydrogens (tertiary/aromatic N) is 3. The fourth-order valence-electron chi connectivity index (χ4n) is 4.62. The number of carbonyl (C=O) groups is 1. The molecule has 8 heteroatoms. The first-order chi connectivity index (χ1) is 15.9. The van der Waals surface area contributed by atoms with Crippen LogP contribution in [0.2, 0.25) is 0 Å². The van der Waals surface area contributed by atoms with Crippen LogP contribution in [0.15, 0.2) is 53.4 Å². The largest absolute Gasteiger partial charge is 0.352 e. The number of hydrogen-bond acceptors (Lipinski definition) is 4. The molecule has 1 heterocycles. The molecule has 1 aromatic heterocycles. The number of aryl methyl sites for hydroxylation is 2. The Morgan fingerprint density at radius 2 is 1.88 bits per heavy atom. The molecule has 3 aromatic rings. The van der Waals surface area contributed by atoms with Crippen molar-refractivity contribution < 1.29 is 13.2 Å². The van der Waals surface area contributed by atoms with E-state index in [1.165, 1.54) is 10.4 Å². The van der Waals surface area contributed by atoms with Crippen molar-refractivity contribution in [1.82, 2.24) is 19.2 Å². The third-order valence-corrected chi connectivity index (χ3v) is 8.46. The minimum absolute atomic E-state index is 0.0314. The summed E-state index contributed by atoms with van der Waals surface area (Å²) >= 11 is 0. The Morgan fingerprint density at radius 3 is 2.67 bits per heavy atom. The molecule has 33 heavy (non-hydrogen) atoms. The summed E-state index contributed by atoms with van der Waals surface area (Å²) < 4.78 is 29.9. The topological polar surface area (TPSA) is 84.3 Å². The van der Waals surface area contributed by atoms with Gasteiger partial charge >= 0.3 is 0 Å². The van der Waals surface area contributed by atoms with Crippen LogP contribution >= 0.6 is 0 Å². The molecular weight excluding hydrogens is 436 g/mol. The molecule has 0 aliphatic heterocycles. The average Bonchev–Trinajstić information content (AvgIpc) is 3.16. The minimum Gasteiger partial charge on any atom is -0.352 e. The summed E-state index contributed by atoms with van der Waals surface area (Å²) in [5, 5.41) is 2.92. The van der Waals surface area contributed by atoms with Gasteiger partial charge in [0.05, 0.1) is 15.9 Å². The van der Waals surface area contributed by atoms with Crippen LogP contribution in [0.3, 0.4) is 0 Å². The molecule has 1 amide bonds. The molecule has 2 aromatic carbocycles. The predicted octanol–water partition coefficient (Wildman–Crippen LogP) is 4.12. The number of aromatic nitrogens is 2. The highest BCUT2D eigenvalue weighted by Crippen LogP contribution is 2.26. The molecule has 4 rings (SSSR count). The maximum absolute atomic E-state index is 13.1. The quantitative estimate of drug-likeness (QED) is 0.504. The van der Waals surface area contributed by atoms with E-state index in [1.807, 2.05) is 31.2 Å². The van der Waals surface area contributed by atoms with Crippen molar-refractivity contribution in [2.75, 3.05) is 13.6 Å². The van der Waals surface area contributed by atoms with Gasteiger partial charge in [0.15, 0.2) is 0 Å². The van der Waals surface area contributed by atoms with E-state index in [0.717, 1.165) is 61.9 Å². The number of amides is 1. The number of nitrogens with one attached hydrogen (secondary N) is 1. The van der Waals surface area contributed by atoms with Gasteiger partial charge in [0, 0.05) is 31.7 Å². The SMILES string of the molecule is Cc1nc2ccccc2n1CCCNC(=O)c1cccc(S(=O)(=O)N(C)C2CCCCC2)c1. The standard InChI is InChI=1S/C25H32N4O3S/c1-19-27-23-14-6-7-15-24(23)29(19)17-9-16-26-25(30)20-10-8-13-22(18-20)33(31,32)28(2)21-11-4-3-5-12-21/h6-8,10,13-15,18,21H,3-5,9,11-12,16-17H2,1-2H3,(H,26,30). The molecule has 0 radical (unpaired) electrons. The maximum atomic E-state index is 13.1. The van der Waals surface area contributed by atoms with Crippen molar-refractivity contribution in [2.45, 2.75) is 62.9 Å². The zero-order chi connectivity index (χ0) is 23.4. The number of para-hydroxylation sites is 2. The summed E-state index contributed by atoms with van der Waals surface area (Å²) in [5.41, 5.74) is 2.41. The Kier molecular flexibility index (Phi) is 7.14. The third kappa shape index (κ3) is 5.12. The van der Waals surface area contributed by atoms with Crippen molar-refractivity contribution in [3.8, 4) is 0 Å². The number of rotatable bonds is 8. The number of hydrogen-bond donors (Lipinski definition) is 1. The molecule has 176 valence electrons. The minimum atomic E-state index is -3.63. The van der Waals surface area contributed by atoms with Crippen LogP contribution < -0.4 is 5.32 Å². The lowest BCUT2D eigenvalue weighted by molar-refractivity contribution is 0.0952. The summed E-state index contributed by atoms with van der Waals surface area (Å²) in [7, 11) is -1.98.